The summed E-state index contributed by atoms with van der Waals surface area (Å²) in [5.41, 5.74) is 1.66. The first kappa shape index (κ1) is 14.4. The second-order valence-electron chi connectivity index (χ2n) is 5.24. The number of nitrogens with one attached hydrogen (secondary N) is 1. The van der Waals surface area contributed by atoms with Gasteiger partial charge in [0.25, 0.3) is 0 Å². The van der Waals surface area contributed by atoms with Crippen molar-refractivity contribution in [1.82, 2.24) is 0 Å². The third kappa shape index (κ3) is 3.10. The lowest BCUT2D eigenvalue weighted by atomic mass is 10.0. The maximum absolute atomic E-state index is 12.2. The van der Waals surface area contributed by atoms with E-state index in [1.54, 1.807) is 13.2 Å². The average Bonchev–Trinajstić information content (AvgIpc) is 2.89. The first-order valence-electron chi connectivity index (χ1n) is 6.69. The van der Waals surface area contributed by atoms with Gasteiger partial charge in [-0.1, -0.05) is 6.07 Å². The van der Waals surface area contributed by atoms with Crippen molar-refractivity contribution in [3.63, 3.8) is 0 Å². The molecule has 0 aliphatic heterocycles. The van der Waals surface area contributed by atoms with Crippen molar-refractivity contribution < 1.29 is 19.4 Å². The highest BCUT2D eigenvalue weighted by Gasteiger charge is 2.34. The topological polar surface area (TPSA) is 75.6 Å². The van der Waals surface area contributed by atoms with Crippen LogP contribution in [-0.2, 0) is 9.59 Å². The van der Waals surface area contributed by atoms with Crippen LogP contribution in [0, 0.1) is 18.8 Å². The Morgan fingerprint density at radius 1 is 1.30 bits per heavy atom. The molecule has 2 unspecified atom stereocenters. The van der Waals surface area contributed by atoms with Gasteiger partial charge < -0.3 is 15.2 Å². The smallest absolute Gasteiger partial charge is 0.306 e. The van der Waals surface area contributed by atoms with Crippen LogP contribution < -0.4 is 10.1 Å². The van der Waals surface area contributed by atoms with Crippen molar-refractivity contribution >= 4 is 17.6 Å². The molecular formula is C15H19NO4. The summed E-state index contributed by atoms with van der Waals surface area (Å²) in [4.78, 5) is 23.1. The van der Waals surface area contributed by atoms with Crippen LogP contribution in [0.4, 0.5) is 5.69 Å². The van der Waals surface area contributed by atoms with Crippen LogP contribution in [0.25, 0.3) is 0 Å². The Bertz CT molecular complexity index is 527. The molecule has 108 valence electrons. The number of amides is 1. The van der Waals surface area contributed by atoms with Crippen molar-refractivity contribution in [3.05, 3.63) is 23.8 Å². The minimum Gasteiger partial charge on any atom is -0.495 e. The number of carboxylic acids is 1. The number of rotatable bonds is 4. The van der Waals surface area contributed by atoms with E-state index in [0.29, 0.717) is 30.7 Å². The zero-order valence-electron chi connectivity index (χ0n) is 11.7. The standard InChI is InChI=1S/C15H19NO4/c1-9-3-6-13(20-2)12(7-9)16-14(17)10-4-5-11(8-10)15(18)19/h3,6-7,10-11H,4-5,8H2,1-2H3,(H,16,17)(H,18,19). The van der Waals surface area contributed by atoms with E-state index in [9.17, 15) is 9.59 Å². The van der Waals surface area contributed by atoms with E-state index < -0.39 is 11.9 Å². The van der Waals surface area contributed by atoms with E-state index in [2.05, 4.69) is 5.32 Å². The van der Waals surface area contributed by atoms with E-state index in [1.807, 2.05) is 19.1 Å². The third-order valence-electron chi connectivity index (χ3n) is 3.77. The van der Waals surface area contributed by atoms with Crippen LogP contribution in [-0.4, -0.2) is 24.1 Å². The zero-order valence-corrected chi connectivity index (χ0v) is 11.7. The molecule has 0 radical (unpaired) electrons. The summed E-state index contributed by atoms with van der Waals surface area (Å²) in [6.07, 6.45) is 1.60. The molecule has 1 fully saturated rings. The minimum absolute atomic E-state index is 0.127. The van der Waals surface area contributed by atoms with Crippen LogP contribution in [0.2, 0.25) is 0 Å². The van der Waals surface area contributed by atoms with Crippen molar-refractivity contribution in [1.29, 1.82) is 0 Å². The third-order valence-corrected chi connectivity index (χ3v) is 3.77. The molecule has 2 rings (SSSR count). The molecule has 0 spiro atoms. The van der Waals surface area contributed by atoms with Crippen LogP contribution in [0.1, 0.15) is 24.8 Å². The zero-order chi connectivity index (χ0) is 14.7. The van der Waals surface area contributed by atoms with Crippen molar-refractivity contribution in [3.8, 4) is 5.75 Å². The van der Waals surface area contributed by atoms with Gasteiger partial charge in [-0.3, -0.25) is 9.59 Å². The number of carboxylic acid groups (broad SMARTS) is 1. The average molecular weight is 277 g/mol. The summed E-state index contributed by atoms with van der Waals surface area (Å²) in [6, 6.07) is 5.56. The molecule has 0 heterocycles. The summed E-state index contributed by atoms with van der Waals surface area (Å²) in [5.74, 6) is -0.964. The Morgan fingerprint density at radius 2 is 2.00 bits per heavy atom. The second-order valence-corrected chi connectivity index (χ2v) is 5.24. The first-order valence-corrected chi connectivity index (χ1v) is 6.69. The Kier molecular flexibility index (Phi) is 4.27. The minimum atomic E-state index is -0.812. The molecular weight excluding hydrogens is 258 g/mol. The number of hydrogen-bond donors (Lipinski definition) is 2. The highest BCUT2D eigenvalue weighted by molar-refractivity contribution is 5.94. The molecule has 20 heavy (non-hydrogen) atoms. The van der Waals surface area contributed by atoms with Crippen molar-refractivity contribution in [2.24, 2.45) is 11.8 Å². The fourth-order valence-electron chi connectivity index (χ4n) is 2.60. The van der Waals surface area contributed by atoms with Gasteiger partial charge in [0.1, 0.15) is 5.75 Å². The number of aliphatic carboxylic acids is 1. The molecule has 0 bridgehead atoms. The second kappa shape index (κ2) is 5.94. The summed E-state index contributed by atoms with van der Waals surface area (Å²) in [6.45, 7) is 1.94. The van der Waals surface area contributed by atoms with Gasteiger partial charge in [0.2, 0.25) is 5.91 Å². The molecule has 5 nitrogen and oxygen atoms in total. The van der Waals surface area contributed by atoms with Crippen molar-refractivity contribution in [2.45, 2.75) is 26.2 Å². The van der Waals surface area contributed by atoms with E-state index in [0.717, 1.165) is 5.56 Å². The number of carbonyl (C=O) groups is 2. The van der Waals surface area contributed by atoms with Gasteiger partial charge in [0.05, 0.1) is 18.7 Å². The maximum Gasteiger partial charge on any atom is 0.306 e. The van der Waals surface area contributed by atoms with Crippen LogP contribution >= 0.6 is 0 Å². The van der Waals surface area contributed by atoms with Crippen LogP contribution in [0.15, 0.2) is 18.2 Å². The number of ether oxygens (including phenoxy) is 1. The number of aryl methyl sites for hydroxylation is 1. The Morgan fingerprint density at radius 3 is 2.60 bits per heavy atom. The number of hydrogen-bond acceptors (Lipinski definition) is 3. The first-order chi connectivity index (χ1) is 9.51. The molecule has 5 heteroatoms. The summed E-state index contributed by atoms with van der Waals surface area (Å²) in [7, 11) is 1.55. The Labute approximate surface area is 117 Å². The van der Waals surface area contributed by atoms with Gasteiger partial charge in [0, 0.05) is 5.92 Å². The van der Waals surface area contributed by atoms with Crippen LogP contribution in [0.3, 0.4) is 0 Å². The van der Waals surface area contributed by atoms with E-state index in [4.69, 9.17) is 9.84 Å². The predicted octanol–water partition coefficient (Wildman–Crippen LogP) is 2.44. The molecule has 1 aliphatic rings. The van der Waals surface area contributed by atoms with Gasteiger partial charge in [0.15, 0.2) is 0 Å². The molecule has 1 amide bonds. The van der Waals surface area contributed by atoms with Gasteiger partial charge in [-0.25, -0.2) is 0 Å². The summed E-state index contributed by atoms with van der Waals surface area (Å²) < 4.78 is 5.21. The predicted molar refractivity (Wildman–Crippen MR) is 74.8 cm³/mol. The number of benzene rings is 1. The number of methoxy groups -OCH3 is 1. The lowest BCUT2D eigenvalue weighted by Gasteiger charge is -2.14. The normalized spacial score (nSPS) is 21.5. The summed E-state index contributed by atoms with van der Waals surface area (Å²) in [5, 5.41) is 11.8. The monoisotopic (exact) mass is 277 g/mol. The van der Waals surface area contributed by atoms with Gasteiger partial charge >= 0.3 is 5.97 Å². The SMILES string of the molecule is COc1ccc(C)cc1NC(=O)C1CCC(C(=O)O)C1. The van der Waals surface area contributed by atoms with E-state index in [1.165, 1.54) is 0 Å². The molecule has 1 aromatic rings. The van der Waals surface area contributed by atoms with Gasteiger partial charge in [-0.15, -0.1) is 0 Å². The molecule has 1 aliphatic carbocycles. The number of anilines is 1. The van der Waals surface area contributed by atoms with Crippen molar-refractivity contribution in [2.75, 3.05) is 12.4 Å². The molecule has 0 saturated heterocycles. The highest BCUT2D eigenvalue weighted by Crippen LogP contribution is 2.33. The Balaban J connectivity index is 2.05. The molecule has 1 aromatic carbocycles. The van der Waals surface area contributed by atoms with E-state index in [-0.39, 0.29) is 11.8 Å². The van der Waals surface area contributed by atoms with Crippen LogP contribution in [0.5, 0.6) is 5.75 Å². The largest absolute Gasteiger partial charge is 0.495 e. The highest BCUT2D eigenvalue weighted by atomic mass is 16.5. The fraction of sp³-hybridized carbons (Fsp3) is 0.467. The molecule has 0 aromatic heterocycles. The summed E-state index contributed by atoms with van der Waals surface area (Å²) >= 11 is 0. The molecule has 1 saturated carbocycles. The lowest BCUT2D eigenvalue weighted by molar-refractivity contribution is -0.141. The molecule has 2 N–H and O–H groups in total. The molecule has 2 atom stereocenters. The van der Waals surface area contributed by atoms with Gasteiger partial charge in [-0.05, 0) is 43.9 Å². The van der Waals surface area contributed by atoms with Gasteiger partial charge in [-0.2, -0.15) is 0 Å². The quantitative estimate of drug-likeness (QED) is 0.886. The van der Waals surface area contributed by atoms with E-state index >= 15 is 0 Å². The lowest BCUT2D eigenvalue weighted by Crippen LogP contribution is -2.22. The Hall–Kier alpha value is -2.04. The maximum atomic E-state index is 12.2. The number of carbonyl (C=O) groups excluding carboxylic acids is 1. The fourth-order valence-corrected chi connectivity index (χ4v) is 2.60.